The van der Waals surface area contributed by atoms with E-state index in [1.807, 2.05) is 48.5 Å². The zero-order chi connectivity index (χ0) is 20.6. The quantitative estimate of drug-likeness (QED) is 0.480. The summed E-state index contributed by atoms with van der Waals surface area (Å²) in [5.74, 6) is 1.09. The molecule has 0 spiro atoms. The number of benzene rings is 2. The van der Waals surface area contributed by atoms with Crippen LogP contribution in [0.3, 0.4) is 0 Å². The van der Waals surface area contributed by atoms with Gasteiger partial charge in [0.05, 0.1) is 13.4 Å². The lowest BCUT2D eigenvalue weighted by molar-refractivity contribution is -0.142. The van der Waals surface area contributed by atoms with Crippen molar-refractivity contribution in [2.75, 3.05) is 27.4 Å². The number of nitrogens with one attached hydrogen (secondary N) is 1. The van der Waals surface area contributed by atoms with Crippen molar-refractivity contribution in [3.8, 4) is 5.75 Å². The average Bonchev–Trinajstić information content (AvgIpc) is 3.17. The van der Waals surface area contributed by atoms with Gasteiger partial charge in [-0.2, -0.15) is 0 Å². The fourth-order valence-corrected chi connectivity index (χ4v) is 3.20. The van der Waals surface area contributed by atoms with Crippen LogP contribution in [0.1, 0.15) is 24.4 Å². The molecule has 0 bridgehead atoms. The lowest BCUT2D eigenvalue weighted by Gasteiger charge is -2.19. The Bertz CT molecular complexity index is 925. The maximum atomic E-state index is 11.1. The minimum atomic E-state index is -0.399. The van der Waals surface area contributed by atoms with Gasteiger partial charge in [0.1, 0.15) is 17.6 Å². The van der Waals surface area contributed by atoms with Crippen molar-refractivity contribution in [2.45, 2.75) is 25.5 Å². The number of fused-ring (bicyclic) bond motifs is 1. The molecule has 0 radical (unpaired) electrons. The van der Waals surface area contributed by atoms with Gasteiger partial charge >= 0.3 is 5.97 Å². The van der Waals surface area contributed by atoms with Gasteiger partial charge in [-0.25, -0.2) is 4.79 Å². The molecule has 3 aromatic rings. The topological polar surface area (TPSA) is 69.9 Å². The van der Waals surface area contributed by atoms with E-state index in [0.29, 0.717) is 12.3 Å². The molecule has 162 valence electrons. The standard InChI is InChI=1S/C23H27NO5.ClH/c1-16(12-17-8-10-19(11-9-17)28-15-22(25)27-3)24-13-21(26-2)23-20-7-5-4-6-18(20)14-29-23;/h4-11,14,16,21,24H,12-13,15H2,1-3H3;1H. The van der Waals surface area contributed by atoms with Crippen LogP contribution in [-0.4, -0.2) is 39.4 Å². The van der Waals surface area contributed by atoms with Crippen molar-refractivity contribution in [1.29, 1.82) is 0 Å². The van der Waals surface area contributed by atoms with E-state index in [1.54, 1.807) is 13.4 Å². The van der Waals surface area contributed by atoms with Gasteiger partial charge in [-0.05, 0) is 31.0 Å². The monoisotopic (exact) mass is 433 g/mol. The van der Waals surface area contributed by atoms with Crippen LogP contribution < -0.4 is 10.1 Å². The first kappa shape index (κ1) is 23.7. The molecule has 1 aromatic heterocycles. The summed E-state index contributed by atoms with van der Waals surface area (Å²) in [6, 6.07) is 16.0. The molecule has 7 heteroatoms. The molecule has 0 aliphatic carbocycles. The summed E-state index contributed by atoms with van der Waals surface area (Å²) in [6.07, 6.45) is 2.46. The summed E-state index contributed by atoms with van der Waals surface area (Å²) in [5.41, 5.74) is 1.17. The molecular formula is C23H28ClNO5. The molecule has 2 aromatic carbocycles. The Hall–Kier alpha value is -2.54. The van der Waals surface area contributed by atoms with Crippen LogP contribution in [0.25, 0.3) is 10.8 Å². The number of hydrogen-bond acceptors (Lipinski definition) is 6. The third kappa shape index (κ3) is 6.23. The van der Waals surface area contributed by atoms with Crippen molar-refractivity contribution in [3.05, 3.63) is 66.1 Å². The molecule has 6 nitrogen and oxygen atoms in total. The molecule has 0 aliphatic heterocycles. The van der Waals surface area contributed by atoms with E-state index >= 15 is 0 Å². The highest BCUT2D eigenvalue weighted by atomic mass is 35.5. The second-order valence-corrected chi connectivity index (χ2v) is 6.93. The number of methoxy groups -OCH3 is 2. The van der Waals surface area contributed by atoms with E-state index in [0.717, 1.165) is 23.0 Å². The number of furan rings is 1. The highest BCUT2D eigenvalue weighted by Gasteiger charge is 2.18. The maximum absolute atomic E-state index is 11.1. The van der Waals surface area contributed by atoms with Gasteiger partial charge in [-0.3, -0.25) is 0 Å². The molecule has 30 heavy (non-hydrogen) atoms. The summed E-state index contributed by atoms with van der Waals surface area (Å²) in [4.78, 5) is 11.1. The molecule has 2 atom stereocenters. The van der Waals surface area contributed by atoms with Crippen LogP contribution in [-0.2, 0) is 20.7 Å². The van der Waals surface area contributed by atoms with Crippen molar-refractivity contribution in [2.24, 2.45) is 0 Å². The van der Waals surface area contributed by atoms with Gasteiger partial charge in [-0.1, -0.05) is 36.4 Å². The first-order chi connectivity index (χ1) is 14.1. The van der Waals surface area contributed by atoms with Gasteiger partial charge in [0.25, 0.3) is 0 Å². The first-order valence-electron chi connectivity index (χ1n) is 9.61. The molecule has 0 saturated carbocycles. The minimum Gasteiger partial charge on any atom is -0.482 e. The van der Waals surface area contributed by atoms with E-state index in [1.165, 1.54) is 12.7 Å². The summed E-state index contributed by atoms with van der Waals surface area (Å²) in [6.45, 7) is 2.69. The van der Waals surface area contributed by atoms with Crippen LogP contribution in [0.15, 0.2) is 59.2 Å². The van der Waals surface area contributed by atoms with Crippen LogP contribution in [0.5, 0.6) is 5.75 Å². The molecule has 0 aliphatic rings. The Balaban J connectivity index is 0.00000320. The van der Waals surface area contributed by atoms with Crippen LogP contribution in [0, 0.1) is 0 Å². The summed E-state index contributed by atoms with van der Waals surface area (Å²) in [7, 11) is 3.03. The van der Waals surface area contributed by atoms with Crippen molar-refractivity contribution in [1.82, 2.24) is 5.32 Å². The number of rotatable bonds is 10. The Morgan fingerprint density at radius 1 is 1.10 bits per heavy atom. The number of esters is 1. The number of halogens is 1. The Labute approximate surface area is 182 Å². The Morgan fingerprint density at radius 2 is 1.83 bits per heavy atom. The predicted octanol–water partition coefficient (Wildman–Crippen LogP) is 4.31. The van der Waals surface area contributed by atoms with Crippen molar-refractivity contribution < 1.29 is 23.4 Å². The molecule has 2 unspecified atom stereocenters. The SMILES string of the molecule is COC(=O)COc1ccc(CC(C)NCC(OC)c2occ3ccccc23)cc1.Cl. The van der Waals surface area contributed by atoms with Gasteiger partial charge in [0, 0.05) is 30.5 Å². The van der Waals surface area contributed by atoms with E-state index in [4.69, 9.17) is 13.9 Å². The molecular weight excluding hydrogens is 406 g/mol. The fraction of sp³-hybridized carbons (Fsp3) is 0.348. The van der Waals surface area contributed by atoms with Crippen molar-refractivity contribution in [3.63, 3.8) is 0 Å². The van der Waals surface area contributed by atoms with Crippen LogP contribution >= 0.6 is 12.4 Å². The first-order valence-corrected chi connectivity index (χ1v) is 9.61. The summed E-state index contributed by atoms with van der Waals surface area (Å²) < 4.78 is 21.4. The van der Waals surface area contributed by atoms with E-state index in [-0.39, 0.29) is 31.2 Å². The Morgan fingerprint density at radius 3 is 2.53 bits per heavy atom. The lowest BCUT2D eigenvalue weighted by atomic mass is 10.1. The highest BCUT2D eigenvalue weighted by molar-refractivity contribution is 5.85. The Kier molecular flexibility index (Phi) is 9.17. The molecule has 1 N–H and O–H groups in total. The normalized spacial score (nSPS) is 12.8. The zero-order valence-electron chi connectivity index (χ0n) is 17.4. The minimum absolute atomic E-state index is 0. The second-order valence-electron chi connectivity index (χ2n) is 6.93. The van der Waals surface area contributed by atoms with Gasteiger partial charge in [0.2, 0.25) is 0 Å². The second kappa shape index (κ2) is 11.6. The van der Waals surface area contributed by atoms with Crippen molar-refractivity contribution >= 4 is 29.1 Å². The third-order valence-corrected chi connectivity index (χ3v) is 4.82. The average molecular weight is 434 g/mol. The lowest BCUT2D eigenvalue weighted by Crippen LogP contribution is -2.32. The number of carbonyl (C=O) groups excluding carboxylic acids is 1. The summed E-state index contributed by atoms with van der Waals surface area (Å²) in [5, 5.41) is 5.68. The fourth-order valence-electron chi connectivity index (χ4n) is 3.20. The molecule has 0 saturated heterocycles. The van der Waals surface area contributed by atoms with Gasteiger partial charge in [0.15, 0.2) is 6.61 Å². The van der Waals surface area contributed by atoms with E-state index in [9.17, 15) is 4.79 Å². The largest absolute Gasteiger partial charge is 0.482 e. The molecule has 0 amide bonds. The number of carbonyl (C=O) groups is 1. The third-order valence-electron chi connectivity index (χ3n) is 4.82. The number of hydrogen-bond donors (Lipinski definition) is 1. The smallest absolute Gasteiger partial charge is 0.343 e. The van der Waals surface area contributed by atoms with Crippen LogP contribution in [0.4, 0.5) is 0 Å². The van der Waals surface area contributed by atoms with E-state index in [2.05, 4.69) is 17.0 Å². The van der Waals surface area contributed by atoms with Gasteiger partial charge in [-0.15, -0.1) is 12.4 Å². The molecule has 1 heterocycles. The van der Waals surface area contributed by atoms with E-state index < -0.39 is 5.97 Å². The number of ether oxygens (including phenoxy) is 3. The highest BCUT2D eigenvalue weighted by Crippen LogP contribution is 2.27. The maximum Gasteiger partial charge on any atom is 0.343 e. The molecule has 0 fully saturated rings. The van der Waals surface area contributed by atoms with Gasteiger partial charge < -0.3 is 23.9 Å². The molecule has 3 rings (SSSR count). The summed E-state index contributed by atoms with van der Waals surface area (Å²) >= 11 is 0. The predicted molar refractivity (Wildman–Crippen MR) is 118 cm³/mol. The van der Waals surface area contributed by atoms with Crippen LogP contribution in [0.2, 0.25) is 0 Å². The zero-order valence-corrected chi connectivity index (χ0v) is 18.2.